The van der Waals surface area contributed by atoms with Crippen molar-refractivity contribution in [3.8, 4) is 0 Å². The molecule has 0 aliphatic carbocycles. The van der Waals surface area contributed by atoms with Crippen LogP contribution in [0.25, 0.3) is 10.9 Å². The molecule has 2 aromatic carbocycles. The number of hydrogen-bond donors (Lipinski definition) is 3. The van der Waals surface area contributed by atoms with Gasteiger partial charge in [-0.2, -0.15) is 0 Å². The monoisotopic (exact) mass is 280 g/mol. The number of para-hydroxylation sites is 1. The van der Waals surface area contributed by atoms with E-state index in [1.54, 1.807) is 6.07 Å². The summed E-state index contributed by atoms with van der Waals surface area (Å²) in [6.07, 6.45) is 1.82. The Kier molecular flexibility index (Phi) is 3.71. The third-order valence-electron chi connectivity index (χ3n) is 3.56. The lowest BCUT2D eigenvalue weighted by Crippen LogP contribution is -2.23. The quantitative estimate of drug-likeness (QED) is 0.687. The molecule has 106 valence electrons. The van der Waals surface area contributed by atoms with Crippen molar-refractivity contribution in [3.05, 3.63) is 71.4 Å². The van der Waals surface area contributed by atoms with Gasteiger partial charge in [0.05, 0.1) is 17.7 Å². The fraction of sp³-hybridized carbons (Fsp3) is 0.118. The first kappa shape index (κ1) is 13.4. The molecule has 3 rings (SSSR count). The van der Waals surface area contributed by atoms with E-state index in [1.807, 2.05) is 48.7 Å². The summed E-state index contributed by atoms with van der Waals surface area (Å²) in [6, 6.07) is 15.1. The van der Waals surface area contributed by atoms with E-state index in [2.05, 4.69) is 10.3 Å². The molecule has 0 saturated carbocycles. The normalized spacial score (nSPS) is 10.7. The van der Waals surface area contributed by atoms with Crippen LogP contribution in [-0.4, -0.2) is 16.0 Å². The van der Waals surface area contributed by atoms with Gasteiger partial charge >= 0.3 is 0 Å². The lowest BCUT2D eigenvalue weighted by Gasteiger charge is -2.09. The van der Waals surface area contributed by atoms with Crippen LogP contribution in [0.15, 0.2) is 54.7 Å². The van der Waals surface area contributed by atoms with E-state index < -0.39 is 0 Å². The highest BCUT2D eigenvalue weighted by atomic mass is 16.3. The van der Waals surface area contributed by atoms with Crippen LogP contribution in [0.5, 0.6) is 0 Å². The maximum Gasteiger partial charge on any atom is 0.253 e. The minimum absolute atomic E-state index is 0.0295. The summed E-state index contributed by atoms with van der Waals surface area (Å²) in [5, 5.41) is 13.2. The summed E-state index contributed by atoms with van der Waals surface area (Å²) in [5.41, 5.74) is 3.22. The number of nitrogens with one attached hydrogen (secondary N) is 2. The standard InChI is InChI=1S/C17H16N2O2/c20-11-14-5-2-1-4-13(14)10-19-17(21)15-7-3-6-12-8-9-18-16(12)15/h1-9,18,20H,10-11H2,(H,19,21). The number of carbonyl (C=O) groups excluding carboxylic acids is 1. The van der Waals surface area contributed by atoms with Crippen LogP contribution in [0.1, 0.15) is 21.5 Å². The first-order chi connectivity index (χ1) is 10.3. The summed E-state index contributed by atoms with van der Waals surface area (Å²) in [5.74, 6) is -0.129. The van der Waals surface area contributed by atoms with Crippen LogP contribution >= 0.6 is 0 Å². The van der Waals surface area contributed by atoms with E-state index in [4.69, 9.17) is 0 Å². The lowest BCUT2D eigenvalue weighted by molar-refractivity contribution is 0.0952. The van der Waals surface area contributed by atoms with Crippen molar-refractivity contribution in [2.24, 2.45) is 0 Å². The lowest BCUT2D eigenvalue weighted by atomic mass is 10.1. The van der Waals surface area contributed by atoms with E-state index >= 15 is 0 Å². The number of amides is 1. The minimum Gasteiger partial charge on any atom is -0.392 e. The molecule has 0 atom stereocenters. The number of aliphatic hydroxyl groups excluding tert-OH is 1. The molecule has 1 heterocycles. The van der Waals surface area contributed by atoms with Crippen molar-refractivity contribution >= 4 is 16.8 Å². The number of rotatable bonds is 4. The Bertz CT molecular complexity index is 777. The van der Waals surface area contributed by atoms with Gasteiger partial charge in [-0.05, 0) is 23.3 Å². The second-order valence-electron chi connectivity index (χ2n) is 4.86. The van der Waals surface area contributed by atoms with E-state index in [1.165, 1.54) is 0 Å². The molecule has 4 nitrogen and oxygen atoms in total. The first-order valence-corrected chi connectivity index (χ1v) is 6.81. The van der Waals surface area contributed by atoms with Crippen LogP contribution in [0.3, 0.4) is 0 Å². The van der Waals surface area contributed by atoms with Gasteiger partial charge in [-0.25, -0.2) is 0 Å². The van der Waals surface area contributed by atoms with Crippen LogP contribution in [0.4, 0.5) is 0 Å². The van der Waals surface area contributed by atoms with Gasteiger partial charge in [0.1, 0.15) is 0 Å². The number of fused-ring (bicyclic) bond motifs is 1. The molecule has 0 spiro atoms. The zero-order chi connectivity index (χ0) is 14.7. The Morgan fingerprint density at radius 3 is 2.67 bits per heavy atom. The van der Waals surface area contributed by atoms with Gasteiger partial charge in [-0.15, -0.1) is 0 Å². The SMILES string of the molecule is O=C(NCc1ccccc1CO)c1cccc2cc[nH]c12. The largest absolute Gasteiger partial charge is 0.392 e. The van der Waals surface area contributed by atoms with Gasteiger partial charge in [0.2, 0.25) is 0 Å². The van der Waals surface area contributed by atoms with Gasteiger partial charge in [-0.3, -0.25) is 4.79 Å². The maximum absolute atomic E-state index is 12.3. The molecule has 0 unspecified atom stereocenters. The van der Waals surface area contributed by atoms with E-state index in [0.29, 0.717) is 12.1 Å². The van der Waals surface area contributed by atoms with Crippen LogP contribution < -0.4 is 5.32 Å². The molecule has 21 heavy (non-hydrogen) atoms. The Morgan fingerprint density at radius 2 is 1.86 bits per heavy atom. The second kappa shape index (κ2) is 5.81. The Hall–Kier alpha value is -2.59. The molecule has 3 N–H and O–H groups in total. The number of aliphatic hydroxyl groups is 1. The fourth-order valence-electron chi connectivity index (χ4n) is 2.43. The molecule has 0 bridgehead atoms. The molecular formula is C17H16N2O2. The molecular weight excluding hydrogens is 264 g/mol. The third-order valence-corrected chi connectivity index (χ3v) is 3.56. The second-order valence-corrected chi connectivity index (χ2v) is 4.86. The average Bonchev–Trinajstić information content (AvgIpc) is 3.01. The van der Waals surface area contributed by atoms with Gasteiger partial charge in [0.25, 0.3) is 5.91 Å². The highest BCUT2D eigenvalue weighted by Gasteiger charge is 2.11. The van der Waals surface area contributed by atoms with E-state index in [0.717, 1.165) is 22.0 Å². The number of benzene rings is 2. The summed E-state index contributed by atoms with van der Waals surface area (Å²) in [4.78, 5) is 15.4. The van der Waals surface area contributed by atoms with Crippen molar-refractivity contribution in [2.45, 2.75) is 13.2 Å². The van der Waals surface area contributed by atoms with Gasteiger partial charge in [0.15, 0.2) is 0 Å². The molecule has 0 aliphatic rings. The molecule has 4 heteroatoms. The number of carbonyl (C=O) groups is 1. The van der Waals surface area contributed by atoms with Crippen molar-refractivity contribution in [2.75, 3.05) is 0 Å². The molecule has 0 saturated heterocycles. The number of aromatic nitrogens is 1. The predicted octanol–water partition coefficient (Wildman–Crippen LogP) is 2.59. The van der Waals surface area contributed by atoms with E-state index in [-0.39, 0.29) is 12.5 Å². The number of hydrogen-bond acceptors (Lipinski definition) is 2. The van der Waals surface area contributed by atoms with Crippen molar-refractivity contribution < 1.29 is 9.90 Å². The van der Waals surface area contributed by atoms with Crippen molar-refractivity contribution in [1.82, 2.24) is 10.3 Å². The van der Waals surface area contributed by atoms with Crippen LogP contribution in [0, 0.1) is 0 Å². The number of H-pyrrole nitrogens is 1. The van der Waals surface area contributed by atoms with Crippen molar-refractivity contribution in [3.63, 3.8) is 0 Å². The molecule has 0 fully saturated rings. The topological polar surface area (TPSA) is 65.1 Å². The summed E-state index contributed by atoms with van der Waals surface area (Å²) in [6.45, 7) is 0.366. The van der Waals surface area contributed by atoms with Gasteiger partial charge in [-0.1, -0.05) is 36.4 Å². The zero-order valence-corrected chi connectivity index (χ0v) is 11.5. The predicted molar refractivity (Wildman–Crippen MR) is 81.8 cm³/mol. The van der Waals surface area contributed by atoms with E-state index in [9.17, 15) is 9.90 Å². The molecule has 0 radical (unpaired) electrons. The molecule has 1 aromatic heterocycles. The summed E-state index contributed by atoms with van der Waals surface area (Å²) >= 11 is 0. The Labute approximate surface area is 122 Å². The van der Waals surface area contributed by atoms with Crippen molar-refractivity contribution in [1.29, 1.82) is 0 Å². The Balaban J connectivity index is 1.79. The van der Waals surface area contributed by atoms with Gasteiger partial charge < -0.3 is 15.4 Å². The average molecular weight is 280 g/mol. The minimum atomic E-state index is -0.129. The van der Waals surface area contributed by atoms with Crippen LogP contribution in [0.2, 0.25) is 0 Å². The molecule has 0 aliphatic heterocycles. The summed E-state index contributed by atoms with van der Waals surface area (Å²) in [7, 11) is 0. The smallest absolute Gasteiger partial charge is 0.253 e. The molecule has 1 amide bonds. The zero-order valence-electron chi connectivity index (χ0n) is 11.5. The fourth-order valence-corrected chi connectivity index (χ4v) is 2.43. The first-order valence-electron chi connectivity index (χ1n) is 6.81. The summed E-state index contributed by atoms with van der Waals surface area (Å²) < 4.78 is 0. The maximum atomic E-state index is 12.3. The Morgan fingerprint density at radius 1 is 1.05 bits per heavy atom. The number of aromatic amines is 1. The molecule has 3 aromatic rings. The highest BCUT2D eigenvalue weighted by Crippen LogP contribution is 2.17. The van der Waals surface area contributed by atoms with Crippen LogP contribution in [-0.2, 0) is 13.2 Å². The third kappa shape index (κ3) is 2.66. The van der Waals surface area contributed by atoms with Gasteiger partial charge in [0, 0.05) is 18.1 Å². The highest BCUT2D eigenvalue weighted by molar-refractivity contribution is 6.05.